The number of ether oxygens (including phenoxy) is 3. The zero-order valence-electron chi connectivity index (χ0n) is 17.7. The summed E-state index contributed by atoms with van der Waals surface area (Å²) in [5.41, 5.74) is 4.75. The van der Waals surface area contributed by atoms with Crippen LogP contribution in [0.2, 0.25) is 0 Å². The third-order valence-electron chi connectivity index (χ3n) is 5.41. The highest BCUT2D eigenvalue weighted by atomic mass is 79.9. The maximum atomic E-state index is 6.10. The van der Waals surface area contributed by atoms with E-state index in [9.17, 15) is 0 Å². The molecular weight excluding hydrogens is 454 g/mol. The van der Waals surface area contributed by atoms with Gasteiger partial charge in [-0.05, 0) is 68.9 Å². The van der Waals surface area contributed by atoms with Gasteiger partial charge in [0.15, 0.2) is 11.5 Å². The molecule has 0 aromatic heterocycles. The lowest BCUT2D eigenvalue weighted by Crippen LogP contribution is -2.28. The summed E-state index contributed by atoms with van der Waals surface area (Å²) in [7, 11) is 3.36. The van der Waals surface area contributed by atoms with E-state index in [2.05, 4.69) is 63.7 Å². The Bertz CT molecular complexity index is 1070. The SMILES string of the molecule is COc1ccc(/C=C/C2NCCc3cc(OCc4ccccc4)c(OC)cc32)cc1Br. The molecule has 1 aliphatic heterocycles. The molecule has 31 heavy (non-hydrogen) atoms. The molecule has 3 aromatic rings. The molecule has 1 aliphatic rings. The second kappa shape index (κ2) is 10.0. The first-order valence-electron chi connectivity index (χ1n) is 10.3. The Hall–Kier alpha value is -2.76. The van der Waals surface area contributed by atoms with Crippen LogP contribution in [-0.2, 0) is 13.0 Å². The van der Waals surface area contributed by atoms with E-state index in [1.807, 2.05) is 30.3 Å². The van der Waals surface area contributed by atoms with Crippen LogP contribution in [-0.4, -0.2) is 20.8 Å². The van der Waals surface area contributed by atoms with Crippen molar-refractivity contribution in [1.82, 2.24) is 5.32 Å². The standard InChI is InChI=1S/C26H26BrNO3/c1-29-24-11-9-18(14-22(24)27)8-10-23-21-16-25(30-2)26(15-20(21)12-13-28-23)31-17-19-6-4-3-5-7-19/h3-11,14-16,23,28H,12-13,17H2,1-2H3/b10-8+. The number of fused-ring (bicyclic) bond motifs is 1. The van der Waals surface area contributed by atoms with E-state index < -0.39 is 0 Å². The summed E-state index contributed by atoms with van der Waals surface area (Å²) in [5.74, 6) is 2.36. The first kappa shape index (κ1) is 21.5. The van der Waals surface area contributed by atoms with Gasteiger partial charge in [-0.1, -0.05) is 48.6 Å². The molecule has 4 nitrogen and oxygen atoms in total. The average molecular weight is 480 g/mol. The molecule has 4 rings (SSSR count). The van der Waals surface area contributed by atoms with Gasteiger partial charge in [0.05, 0.1) is 24.7 Å². The van der Waals surface area contributed by atoms with Crippen LogP contribution in [0.1, 0.15) is 28.3 Å². The molecule has 0 radical (unpaired) electrons. The Morgan fingerprint density at radius 2 is 1.77 bits per heavy atom. The summed E-state index contributed by atoms with van der Waals surface area (Å²) in [6.07, 6.45) is 5.28. The molecule has 1 heterocycles. The van der Waals surface area contributed by atoms with Crippen LogP contribution >= 0.6 is 15.9 Å². The molecule has 0 bridgehead atoms. The molecule has 0 fully saturated rings. The lowest BCUT2D eigenvalue weighted by atomic mass is 9.93. The largest absolute Gasteiger partial charge is 0.496 e. The van der Waals surface area contributed by atoms with E-state index in [0.29, 0.717) is 6.61 Å². The summed E-state index contributed by atoms with van der Waals surface area (Å²) >= 11 is 3.55. The zero-order chi connectivity index (χ0) is 21.6. The fourth-order valence-electron chi connectivity index (χ4n) is 3.77. The molecule has 1 unspecified atom stereocenters. The van der Waals surface area contributed by atoms with Crippen LogP contribution in [0.25, 0.3) is 6.08 Å². The van der Waals surface area contributed by atoms with Crippen molar-refractivity contribution < 1.29 is 14.2 Å². The Morgan fingerprint density at radius 1 is 0.968 bits per heavy atom. The van der Waals surface area contributed by atoms with Crippen molar-refractivity contribution in [2.24, 2.45) is 0 Å². The van der Waals surface area contributed by atoms with Gasteiger partial charge in [0, 0.05) is 6.54 Å². The van der Waals surface area contributed by atoms with Crippen molar-refractivity contribution in [1.29, 1.82) is 0 Å². The molecular formula is C26H26BrNO3. The summed E-state index contributed by atoms with van der Waals surface area (Å²) in [5, 5.41) is 3.59. The van der Waals surface area contributed by atoms with Gasteiger partial charge >= 0.3 is 0 Å². The number of halogens is 1. The molecule has 0 spiro atoms. The molecule has 0 aliphatic carbocycles. The van der Waals surface area contributed by atoms with Crippen LogP contribution in [0, 0.1) is 0 Å². The van der Waals surface area contributed by atoms with Crippen LogP contribution in [0.4, 0.5) is 0 Å². The Balaban J connectivity index is 1.55. The van der Waals surface area contributed by atoms with Gasteiger partial charge in [-0.15, -0.1) is 0 Å². The molecule has 0 saturated heterocycles. The van der Waals surface area contributed by atoms with E-state index in [0.717, 1.165) is 45.8 Å². The summed E-state index contributed by atoms with van der Waals surface area (Å²) in [6.45, 7) is 1.43. The van der Waals surface area contributed by atoms with Crippen molar-refractivity contribution in [3.8, 4) is 17.2 Å². The van der Waals surface area contributed by atoms with Gasteiger partial charge in [0.1, 0.15) is 12.4 Å². The van der Waals surface area contributed by atoms with E-state index in [1.165, 1.54) is 11.1 Å². The second-order valence-corrected chi connectivity index (χ2v) is 8.27. The second-order valence-electron chi connectivity index (χ2n) is 7.41. The normalized spacial score (nSPS) is 15.5. The topological polar surface area (TPSA) is 39.7 Å². The van der Waals surface area contributed by atoms with Crippen molar-refractivity contribution in [2.45, 2.75) is 19.1 Å². The number of hydrogen-bond donors (Lipinski definition) is 1. The minimum atomic E-state index is 0.113. The predicted octanol–water partition coefficient (Wildman–Crippen LogP) is 5.95. The summed E-state index contributed by atoms with van der Waals surface area (Å²) < 4.78 is 18.0. The van der Waals surface area contributed by atoms with E-state index in [4.69, 9.17) is 14.2 Å². The van der Waals surface area contributed by atoms with Crippen LogP contribution < -0.4 is 19.5 Å². The minimum absolute atomic E-state index is 0.113. The highest BCUT2D eigenvalue weighted by Gasteiger charge is 2.21. The molecule has 160 valence electrons. The van der Waals surface area contributed by atoms with Crippen LogP contribution in [0.3, 0.4) is 0 Å². The van der Waals surface area contributed by atoms with E-state index >= 15 is 0 Å². The smallest absolute Gasteiger partial charge is 0.161 e. The number of methoxy groups -OCH3 is 2. The molecule has 1 N–H and O–H groups in total. The van der Waals surface area contributed by atoms with E-state index in [-0.39, 0.29) is 6.04 Å². The van der Waals surface area contributed by atoms with Gasteiger partial charge in [0.2, 0.25) is 0 Å². The fourth-order valence-corrected chi connectivity index (χ4v) is 4.33. The number of hydrogen-bond acceptors (Lipinski definition) is 4. The Kier molecular flexibility index (Phi) is 6.95. The lowest BCUT2D eigenvalue weighted by molar-refractivity contribution is 0.283. The van der Waals surface area contributed by atoms with Crippen LogP contribution in [0.5, 0.6) is 17.2 Å². The van der Waals surface area contributed by atoms with Crippen LogP contribution in [0.15, 0.2) is 71.2 Å². The monoisotopic (exact) mass is 479 g/mol. The zero-order valence-corrected chi connectivity index (χ0v) is 19.3. The third-order valence-corrected chi connectivity index (χ3v) is 6.03. The quantitative estimate of drug-likeness (QED) is 0.454. The first-order chi connectivity index (χ1) is 15.2. The van der Waals surface area contributed by atoms with Gasteiger partial charge in [-0.3, -0.25) is 0 Å². The lowest BCUT2D eigenvalue weighted by Gasteiger charge is -2.26. The van der Waals surface area contributed by atoms with Crippen molar-refractivity contribution in [3.63, 3.8) is 0 Å². The Morgan fingerprint density at radius 3 is 2.52 bits per heavy atom. The van der Waals surface area contributed by atoms with Gasteiger partial charge in [-0.2, -0.15) is 0 Å². The maximum Gasteiger partial charge on any atom is 0.161 e. The number of nitrogens with one attached hydrogen (secondary N) is 1. The molecule has 5 heteroatoms. The minimum Gasteiger partial charge on any atom is -0.496 e. The highest BCUT2D eigenvalue weighted by Crippen LogP contribution is 2.36. The fraction of sp³-hybridized carbons (Fsp3) is 0.231. The molecule has 0 amide bonds. The van der Waals surface area contributed by atoms with Crippen molar-refractivity contribution >= 4 is 22.0 Å². The summed E-state index contributed by atoms with van der Waals surface area (Å²) in [4.78, 5) is 0. The number of benzene rings is 3. The average Bonchev–Trinajstić information content (AvgIpc) is 2.81. The third kappa shape index (κ3) is 5.12. The molecule has 0 saturated carbocycles. The predicted molar refractivity (Wildman–Crippen MR) is 128 cm³/mol. The molecule has 3 aromatic carbocycles. The first-order valence-corrected chi connectivity index (χ1v) is 11.1. The van der Waals surface area contributed by atoms with Crippen molar-refractivity contribution in [2.75, 3.05) is 20.8 Å². The van der Waals surface area contributed by atoms with Gasteiger partial charge < -0.3 is 19.5 Å². The van der Waals surface area contributed by atoms with E-state index in [1.54, 1.807) is 14.2 Å². The summed E-state index contributed by atoms with van der Waals surface area (Å²) in [6, 6.07) is 20.6. The maximum absolute atomic E-state index is 6.10. The van der Waals surface area contributed by atoms with Gasteiger partial charge in [-0.25, -0.2) is 0 Å². The molecule has 1 atom stereocenters. The number of rotatable bonds is 7. The highest BCUT2D eigenvalue weighted by molar-refractivity contribution is 9.10. The van der Waals surface area contributed by atoms with Crippen molar-refractivity contribution in [3.05, 3.63) is 93.5 Å². The Labute approximate surface area is 192 Å². The van der Waals surface area contributed by atoms with Gasteiger partial charge in [0.25, 0.3) is 0 Å².